The first-order chi connectivity index (χ1) is 8.47. The molecule has 1 aromatic carbocycles. The molecule has 1 atom stereocenters. The lowest BCUT2D eigenvalue weighted by atomic mass is 10.0. The molecule has 1 unspecified atom stereocenters. The predicted molar refractivity (Wildman–Crippen MR) is 76.7 cm³/mol. The second-order valence-corrected chi connectivity index (χ2v) is 7.59. The number of thiophene rings is 1. The maximum absolute atomic E-state index is 13.1. The van der Waals surface area contributed by atoms with Crippen LogP contribution in [0.1, 0.15) is 17.2 Å². The number of nitrogens with two attached hydrogens (primary N) is 1. The molecule has 1 aromatic heterocycles. The van der Waals surface area contributed by atoms with Gasteiger partial charge in [0.05, 0.1) is 7.57 Å². The van der Waals surface area contributed by atoms with Crippen molar-refractivity contribution in [2.75, 3.05) is 0 Å². The van der Waals surface area contributed by atoms with Gasteiger partial charge in [-0.15, -0.1) is 11.3 Å². The van der Waals surface area contributed by atoms with Crippen LogP contribution in [0.15, 0.2) is 31.8 Å². The highest BCUT2D eigenvalue weighted by Crippen LogP contribution is 2.35. The third-order valence-corrected chi connectivity index (χ3v) is 4.91. The summed E-state index contributed by atoms with van der Waals surface area (Å²) in [6.45, 7) is 0. The zero-order valence-electron chi connectivity index (χ0n) is 9.09. The topological polar surface area (TPSA) is 26.0 Å². The summed E-state index contributed by atoms with van der Waals surface area (Å²) in [5.74, 6) is -1.68. The second-order valence-electron chi connectivity index (χ2n) is 3.84. The number of hydrogen-bond acceptors (Lipinski definition) is 2. The van der Waals surface area contributed by atoms with Crippen LogP contribution in [0.2, 0.25) is 0 Å². The quantitative estimate of drug-likeness (QED) is 0.792. The van der Waals surface area contributed by atoms with E-state index in [4.69, 9.17) is 5.73 Å². The molecule has 1 nitrogen and oxygen atoms in total. The normalized spacial score (nSPS) is 12.7. The molecule has 96 valence electrons. The van der Waals surface area contributed by atoms with Crippen LogP contribution in [0.3, 0.4) is 0 Å². The molecule has 6 heteroatoms. The molecule has 0 fully saturated rings. The van der Waals surface area contributed by atoms with Crippen LogP contribution < -0.4 is 5.73 Å². The Morgan fingerprint density at radius 1 is 1.17 bits per heavy atom. The number of hydrogen-bond donors (Lipinski definition) is 1. The van der Waals surface area contributed by atoms with Gasteiger partial charge in [0.25, 0.3) is 0 Å². The summed E-state index contributed by atoms with van der Waals surface area (Å²) in [7, 11) is 0. The monoisotopic (exact) mass is 395 g/mol. The Hall–Kier alpha value is -0.300. The van der Waals surface area contributed by atoms with Gasteiger partial charge in [-0.1, -0.05) is 6.07 Å². The van der Waals surface area contributed by atoms with E-state index in [2.05, 4.69) is 31.9 Å². The highest BCUT2D eigenvalue weighted by molar-refractivity contribution is 9.12. The van der Waals surface area contributed by atoms with Gasteiger partial charge in [-0.05, 0) is 67.6 Å². The van der Waals surface area contributed by atoms with Gasteiger partial charge in [0, 0.05) is 6.04 Å². The Balaban J connectivity index is 2.18. The van der Waals surface area contributed by atoms with Crippen molar-refractivity contribution in [3.05, 3.63) is 54.6 Å². The first kappa shape index (κ1) is 14.1. The molecule has 18 heavy (non-hydrogen) atoms. The largest absolute Gasteiger partial charge is 0.324 e. The van der Waals surface area contributed by atoms with E-state index in [1.165, 1.54) is 17.4 Å². The average molecular weight is 397 g/mol. The van der Waals surface area contributed by atoms with Crippen molar-refractivity contribution < 1.29 is 8.78 Å². The Morgan fingerprint density at radius 2 is 1.89 bits per heavy atom. The maximum atomic E-state index is 13.1. The van der Waals surface area contributed by atoms with Crippen LogP contribution in [0.25, 0.3) is 0 Å². The van der Waals surface area contributed by atoms with Crippen LogP contribution in [0.5, 0.6) is 0 Å². The standard InChI is InChI=1S/C12H9Br2F2NS/c13-11-5-7(12(14)18-11)10(17)4-6-1-2-8(15)9(16)3-6/h1-3,5,10H,4,17H2. The fraction of sp³-hybridized carbons (Fsp3) is 0.167. The van der Waals surface area contributed by atoms with E-state index in [0.717, 1.165) is 19.2 Å². The van der Waals surface area contributed by atoms with Gasteiger partial charge < -0.3 is 5.73 Å². The molecule has 0 spiro atoms. The summed E-state index contributed by atoms with van der Waals surface area (Å²) in [4.78, 5) is 0. The lowest BCUT2D eigenvalue weighted by Gasteiger charge is -2.11. The van der Waals surface area contributed by atoms with Crippen molar-refractivity contribution in [2.45, 2.75) is 12.5 Å². The average Bonchev–Trinajstić information content (AvgIpc) is 2.63. The third kappa shape index (κ3) is 3.17. The van der Waals surface area contributed by atoms with Crippen molar-refractivity contribution in [1.82, 2.24) is 0 Å². The Morgan fingerprint density at radius 3 is 2.44 bits per heavy atom. The molecule has 2 aromatic rings. The summed E-state index contributed by atoms with van der Waals surface area (Å²) >= 11 is 8.35. The van der Waals surface area contributed by atoms with E-state index in [1.807, 2.05) is 6.07 Å². The molecule has 2 rings (SSSR count). The predicted octanol–water partition coefficient (Wildman–Crippen LogP) is 4.79. The summed E-state index contributed by atoms with van der Waals surface area (Å²) in [6, 6.07) is 5.53. The van der Waals surface area contributed by atoms with E-state index < -0.39 is 11.6 Å². The van der Waals surface area contributed by atoms with E-state index in [9.17, 15) is 8.78 Å². The molecule has 0 saturated carbocycles. The van der Waals surface area contributed by atoms with E-state index >= 15 is 0 Å². The van der Waals surface area contributed by atoms with E-state index in [0.29, 0.717) is 12.0 Å². The molecular formula is C12H9Br2F2NS. The minimum atomic E-state index is -0.842. The van der Waals surface area contributed by atoms with Crippen molar-refractivity contribution >= 4 is 43.2 Å². The van der Waals surface area contributed by atoms with Crippen LogP contribution in [0, 0.1) is 11.6 Å². The Kier molecular flexibility index (Phi) is 4.53. The molecule has 1 heterocycles. The SMILES string of the molecule is NC(Cc1ccc(F)c(F)c1)c1cc(Br)sc1Br. The molecule has 2 N–H and O–H groups in total. The van der Waals surface area contributed by atoms with Crippen LogP contribution in [-0.4, -0.2) is 0 Å². The van der Waals surface area contributed by atoms with Crippen LogP contribution in [-0.2, 0) is 6.42 Å². The second kappa shape index (κ2) is 5.77. The fourth-order valence-electron chi connectivity index (χ4n) is 1.64. The highest BCUT2D eigenvalue weighted by atomic mass is 79.9. The van der Waals surface area contributed by atoms with Gasteiger partial charge in [0.15, 0.2) is 11.6 Å². The zero-order valence-corrected chi connectivity index (χ0v) is 13.1. The van der Waals surface area contributed by atoms with Gasteiger partial charge in [0.1, 0.15) is 0 Å². The summed E-state index contributed by atoms with van der Waals surface area (Å²) in [6.07, 6.45) is 0.457. The minimum Gasteiger partial charge on any atom is -0.324 e. The summed E-state index contributed by atoms with van der Waals surface area (Å²) in [5, 5.41) is 0. The van der Waals surface area contributed by atoms with Gasteiger partial charge >= 0.3 is 0 Å². The third-order valence-electron chi connectivity index (χ3n) is 2.52. The first-order valence-corrected chi connectivity index (χ1v) is 7.52. The first-order valence-electron chi connectivity index (χ1n) is 5.11. The van der Waals surface area contributed by atoms with E-state index in [1.54, 1.807) is 6.07 Å². The lowest BCUT2D eigenvalue weighted by Crippen LogP contribution is -2.13. The highest BCUT2D eigenvalue weighted by Gasteiger charge is 2.14. The van der Waals surface area contributed by atoms with Gasteiger partial charge in [-0.2, -0.15) is 0 Å². The van der Waals surface area contributed by atoms with Crippen LogP contribution in [0.4, 0.5) is 8.78 Å². The molecule has 0 aliphatic heterocycles. The molecule has 0 saturated heterocycles. The molecule has 0 amide bonds. The summed E-state index contributed by atoms with van der Waals surface area (Å²) in [5.41, 5.74) is 7.70. The molecule has 0 aliphatic rings. The maximum Gasteiger partial charge on any atom is 0.159 e. The fourth-order valence-corrected chi connectivity index (χ4v) is 4.64. The number of halogens is 4. The van der Waals surface area contributed by atoms with Crippen LogP contribution >= 0.6 is 43.2 Å². The van der Waals surface area contributed by atoms with Gasteiger partial charge in [-0.25, -0.2) is 8.78 Å². The zero-order chi connectivity index (χ0) is 13.3. The Labute approximate surface area is 124 Å². The number of benzene rings is 1. The molecule has 0 radical (unpaired) electrons. The molecular weight excluding hydrogens is 388 g/mol. The Bertz CT molecular complexity index is 571. The van der Waals surface area contributed by atoms with Crippen molar-refractivity contribution in [1.29, 1.82) is 0 Å². The smallest absolute Gasteiger partial charge is 0.159 e. The lowest BCUT2D eigenvalue weighted by molar-refractivity contribution is 0.506. The molecule has 0 aliphatic carbocycles. The van der Waals surface area contributed by atoms with E-state index in [-0.39, 0.29) is 6.04 Å². The van der Waals surface area contributed by atoms with Crippen molar-refractivity contribution in [3.63, 3.8) is 0 Å². The van der Waals surface area contributed by atoms with Gasteiger partial charge in [-0.3, -0.25) is 0 Å². The van der Waals surface area contributed by atoms with Gasteiger partial charge in [0.2, 0.25) is 0 Å². The summed E-state index contributed by atoms with van der Waals surface area (Å²) < 4.78 is 27.8. The molecule has 0 bridgehead atoms. The minimum absolute atomic E-state index is 0.258. The van der Waals surface area contributed by atoms with Crippen molar-refractivity contribution in [3.8, 4) is 0 Å². The number of rotatable bonds is 3. The van der Waals surface area contributed by atoms with Crippen molar-refractivity contribution in [2.24, 2.45) is 5.73 Å².